The number of anilines is 1. The molecule has 0 aliphatic carbocycles. The van der Waals surface area contributed by atoms with Crippen molar-refractivity contribution in [3.05, 3.63) is 58.3 Å². The lowest BCUT2D eigenvalue weighted by Gasteiger charge is -2.09. The first-order chi connectivity index (χ1) is 11.5. The molecule has 0 saturated carbocycles. The monoisotopic (exact) mass is 389 g/mol. The number of benzene rings is 1. The molecule has 2 N–H and O–H groups in total. The first-order valence-corrected chi connectivity index (χ1v) is 8.56. The van der Waals surface area contributed by atoms with Crippen molar-refractivity contribution < 1.29 is 9.59 Å². The van der Waals surface area contributed by atoms with Gasteiger partial charge in [0, 0.05) is 23.4 Å². The quantitative estimate of drug-likeness (QED) is 0.787. The zero-order valence-electron chi connectivity index (χ0n) is 13.7. The number of nitrogens with zero attached hydrogens (tertiary/aromatic N) is 1. The van der Waals surface area contributed by atoms with Gasteiger partial charge >= 0.3 is 0 Å². The van der Waals surface area contributed by atoms with Crippen molar-refractivity contribution in [2.24, 2.45) is 5.92 Å². The summed E-state index contributed by atoms with van der Waals surface area (Å²) < 4.78 is 0.786. The van der Waals surface area contributed by atoms with Gasteiger partial charge < -0.3 is 10.6 Å². The minimum Gasteiger partial charge on any atom is -0.352 e. The number of carbonyl (C=O) groups excluding carboxylic acids is 2. The summed E-state index contributed by atoms with van der Waals surface area (Å²) in [5, 5.41) is 5.63. The number of rotatable bonds is 6. The lowest BCUT2D eigenvalue weighted by Crippen LogP contribution is -2.26. The highest BCUT2D eigenvalue weighted by Crippen LogP contribution is 2.21. The summed E-state index contributed by atoms with van der Waals surface area (Å²) in [6.07, 6.45) is 3.80. The van der Waals surface area contributed by atoms with Gasteiger partial charge in [-0.05, 0) is 46.5 Å². The molecule has 2 aromatic rings. The van der Waals surface area contributed by atoms with Crippen LogP contribution in [0.2, 0.25) is 0 Å². The van der Waals surface area contributed by atoms with Gasteiger partial charge in [0.05, 0.1) is 16.8 Å². The lowest BCUT2D eigenvalue weighted by atomic mass is 10.1. The van der Waals surface area contributed by atoms with Crippen molar-refractivity contribution in [3.8, 4) is 0 Å². The third-order valence-electron chi connectivity index (χ3n) is 3.39. The highest BCUT2D eigenvalue weighted by Gasteiger charge is 2.12. The van der Waals surface area contributed by atoms with Crippen molar-refractivity contribution in [1.82, 2.24) is 10.3 Å². The zero-order chi connectivity index (χ0) is 17.5. The van der Waals surface area contributed by atoms with E-state index in [1.807, 2.05) is 18.2 Å². The van der Waals surface area contributed by atoms with E-state index in [2.05, 4.69) is 45.4 Å². The van der Waals surface area contributed by atoms with Crippen LogP contribution in [-0.4, -0.2) is 23.3 Å². The van der Waals surface area contributed by atoms with Gasteiger partial charge in [0.15, 0.2) is 0 Å². The number of nitrogens with one attached hydrogen (secondary N) is 2. The van der Waals surface area contributed by atoms with Crippen LogP contribution in [0.5, 0.6) is 0 Å². The normalized spacial score (nSPS) is 10.5. The van der Waals surface area contributed by atoms with Crippen molar-refractivity contribution in [2.75, 3.05) is 11.9 Å². The highest BCUT2D eigenvalue weighted by molar-refractivity contribution is 9.10. The Bertz CT molecular complexity index is 732. The maximum Gasteiger partial charge on any atom is 0.257 e. The van der Waals surface area contributed by atoms with Crippen molar-refractivity contribution >= 4 is 33.4 Å². The van der Waals surface area contributed by atoms with Gasteiger partial charge in [-0.1, -0.05) is 26.0 Å². The SMILES string of the molecule is CC(C)CCNC(=O)c1cncc(C(=O)Nc2ccccc2Br)c1. The number of para-hydroxylation sites is 1. The minimum absolute atomic E-state index is 0.223. The summed E-state index contributed by atoms with van der Waals surface area (Å²) in [6.45, 7) is 4.80. The molecule has 126 valence electrons. The van der Waals surface area contributed by atoms with Gasteiger partial charge in [0.25, 0.3) is 11.8 Å². The number of pyridine rings is 1. The number of hydrogen-bond donors (Lipinski definition) is 2. The molecule has 0 unspecified atom stereocenters. The lowest BCUT2D eigenvalue weighted by molar-refractivity contribution is 0.0951. The molecule has 0 aliphatic heterocycles. The molecular formula is C18H20BrN3O2. The van der Waals surface area contributed by atoms with E-state index < -0.39 is 0 Å². The van der Waals surface area contributed by atoms with Crippen LogP contribution in [-0.2, 0) is 0 Å². The molecule has 5 nitrogen and oxygen atoms in total. The molecule has 1 aromatic carbocycles. The van der Waals surface area contributed by atoms with E-state index in [1.165, 1.54) is 12.4 Å². The standard InChI is InChI=1S/C18H20BrN3O2/c1-12(2)7-8-21-17(23)13-9-14(11-20-10-13)18(24)22-16-6-4-3-5-15(16)19/h3-6,9-12H,7-8H2,1-2H3,(H,21,23)(H,22,24). The number of aromatic nitrogens is 1. The molecule has 0 saturated heterocycles. The molecule has 6 heteroatoms. The number of carbonyl (C=O) groups is 2. The molecule has 0 bridgehead atoms. The second kappa shape index (κ2) is 8.59. The minimum atomic E-state index is -0.314. The second-order valence-corrected chi connectivity index (χ2v) is 6.69. The number of hydrogen-bond acceptors (Lipinski definition) is 3. The van der Waals surface area contributed by atoms with Gasteiger partial charge in [-0.15, -0.1) is 0 Å². The van der Waals surface area contributed by atoms with E-state index in [0.29, 0.717) is 29.3 Å². The predicted octanol–water partition coefficient (Wildman–Crippen LogP) is 3.87. The fraction of sp³-hybridized carbons (Fsp3) is 0.278. The zero-order valence-corrected chi connectivity index (χ0v) is 15.3. The van der Waals surface area contributed by atoms with E-state index in [9.17, 15) is 9.59 Å². The molecule has 2 rings (SSSR count). The van der Waals surface area contributed by atoms with Crippen LogP contribution in [0.15, 0.2) is 47.2 Å². The third kappa shape index (κ3) is 5.16. The Balaban J connectivity index is 2.05. The first-order valence-electron chi connectivity index (χ1n) is 7.76. The van der Waals surface area contributed by atoms with Gasteiger partial charge in [-0.2, -0.15) is 0 Å². The summed E-state index contributed by atoms with van der Waals surface area (Å²) in [6, 6.07) is 8.87. The Morgan fingerprint density at radius 3 is 2.46 bits per heavy atom. The molecule has 0 atom stereocenters. The van der Waals surface area contributed by atoms with Crippen LogP contribution in [0, 0.1) is 5.92 Å². The second-order valence-electron chi connectivity index (χ2n) is 5.83. The van der Waals surface area contributed by atoms with Gasteiger partial charge in [0.2, 0.25) is 0 Å². The fourth-order valence-corrected chi connectivity index (χ4v) is 2.41. The molecule has 0 radical (unpaired) electrons. The van der Waals surface area contributed by atoms with Crippen LogP contribution in [0.4, 0.5) is 5.69 Å². The highest BCUT2D eigenvalue weighted by atomic mass is 79.9. The van der Waals surface area contributed by atoms with Crippen LogP contribution < -0.4 is 10.6 Å². The Kier molecular flexibility index (Phi) is 6.49. The molecule has 0 fully saturated rings. The summed E-state index contributed by atoms with van der Waals surface area (Å²) in [7, 11) is 0. The van der Waals surface area contributed by atoms with Gasteiger partial charge in [-0.25, -0.2) is 0 Å². The maximum atomic E-state index is 12.3. The molecule has 24 heavy (non-hydrogen) atoms. The smallest absolute Gasteiger partial charge is 0.257 e. The van der Waals surface area contributed by atoms with Crippen LogP contribution in [0.1, 0.15) is 41.0 Å². The first kappa shape index (κ1) is 18.1. The summed E-state index contributed by atoms with van der Waals surface area (Å²) in [5.74, 6) is -0.0187. The van der Waals surface area contributed by atoms with Crippen LogP contribution in [0.3, 0.4) is 0 Å². The number of amides is 2. The summed E-state index contributed by atoms with van der Waals surface area (Å²) in [4.78, 5) is 28.5. The molecule has 0 aliphatic rings. The van der Waals surface area contributed by atoms with Gasteiger partial charge in [-0.3, -0.25) is 14.6 Å². The Morgan fingerprint density at radius 1 is 1.12 bits per heavy atom. The summed E-state index contributed by atoms with van der Waals surface area (Å²) in [5.41, 5.74) is 1.37. The van der Waals surface area contributed by atoms with Crippen molar-refractivity contribution in [1.29, 1.82) is 0 Å². The molecule has 2 amide bonds. The van der Waals surface area contributed by atoms with E-state index in [-0.39, 0.29) is 11.8 Å². The maximum absolute atomic E-state index is 12.3. The fourth-order valence-electron chi connectivity index (χ4n) is 2.02. The largest absolute Gasteiger partial charge is 0.352 e. The van der Waals surface area contributed by atoms with Gasteiger partial charge in [0.1, 0.15) is 0 Å². The molecule has 1 aromatic heterocycles. The Labute approximate surface area is 150 Å². The van der Waals surface area contributed by atoms with Crippen molar-refractivity contribution in [3.63, 3.8) is 0 Å². The Morgan fingerprint density at radius 2 is 1.79 bits per heavy atom. The molecular weight excluding hydrogens is 370 g/mol. The van der Waals surface area contributed by atoms with E-state index in [4.69, 9.17) is 0 Å². The average molecular weight is 390 g/mol. The van der Waals surface area contributed by atoms with Crippen molar-refractivity contribution in [2.45, 2.75) is 20.3 Å². The molecule has 0 spiro atoms. The predicted molar refractivity (Wildman–Crippen MR) is 98.1 cm³/mol. The van der Waals surface area contributed by atoms with E-state index in [1.54, 1.807) is 12.1 Å². The average Bonchev–Trinajstić information content (AvgIpc) is 2.56. The Hall–Kier alpha value is -2.21. The number of halogens is 1. The van der Waals surface area contributed by atoms with Crippen LogP contribution >= 0.6 is 15.9 Å². The van der Waals surface area contributed by atoms with E-state index >= 15 is 0 Å². The topological polar surface area (TPSA) is 71.1 Å². The third-order valence-corrected chi connectivity index (χ3v) is 4.08. The summed E-state index contributed by atoms with van der Waals surface area (Å²) >= 11 is 3.38. The van der Waals surface area contributed by atoms with E-state index in [0.717, 1.165) is 10.9 Å². The molecule has 1 heterocycles. The van der Waals surface area contributed by atoms with Crippen LogP contribution in [0.25, 0.3) is 0 Å².